The number of carbonyl (C=O) groups is 2. The summed E-state index contributed by atoms with van der Waals surface area (Å²) < 4.78 is 19.1. The van der Waals surface area contributed by atoms with Crippen LogP contribution in [0.1, 0.15) is 46.9 Å². The van der Waals surface area contributed by atoms with Gasteiger partial charge in [0.2, 0.25) is 0 Å². The summed E-state index contributed by atoms with van der Waals surface area (Å²) in [7, 11) is 0. The molecule has 0 aliphatic carbocycles. The molecule has 0 unspecified atom stereocenters. The number of nitrogens with one attached hydrogen (secondary N) is 3. The predicted octanol–water partition coefficient (Wildman–Crippen LogP) is 6.43. The number of thiocarbonyl (C=S) groups is 1. The van der Waals surface area contributed by atoms with E-state index in [0.717, 1.165) is 19.3 Å². The number of hydrogen-bond acceptors (Lipinski definition) is 4. The van der Waals surface area contributed by atoms with E-state index in [9.17, 15) is 14.0 Å². The Kier molecular flexibility index (Phi) is 9.57. The van der Waals surface area contributed by atoms with Gasteiger partial charge in [-0.15, -0.1) is 0 Å². The van der Waals surface area contributed by atoms with Gasteiger partial charge in [0.25, 0.3) is 11.8 Å². The average molecular weight is 514 g/mol. The molecule has 0 saturated carbocycles. The number of amides is 2. The minimum Gasteiger partial charge on any atom is -0.493 e. The van der Waals surface area contributed by atoms with Crippen molar-refractivity contribution in [3.8, 4) is 5.75 Å². The first kappa shape index (κ1) is 26.1. The second kappa shape index (κ2) is 12.8. The van der Waals surface area contributed by atoms with Crippen LogP contribution in [0, 0.1) is 5.82 Å². The van der Waals surface area contributed by atoms with Crippen LogP contribution in [-0.2, 0) is 0 Å². The van der Waals surface area contributed by atoms with Crippen LogP contribution in [0.5, 0.6) is 5.75 Å². The van der Waals surface area contributed by atoms with Crippen molar-refractivity contribution >= 4 is 52.1 Å². The molecule has 182 valence electrons. The molecule has 2 amide bonds. The molecule has 0 spiro atoms. The van der Waals surface area contributed by atoms with E-state index in [1.807, 2.05) is 0 Å². The summed E-state index contributed by atoms with van der Waals surface area (Å²) in [6.07, 6.45) is 3.04. The second-order valence-electron chi connectivity index (χ2n) is 7.62. The molecule has 0 fully saturated rings. The first-order valence-electron chi connectivity index (χ1n) is 11.1. The minimum absolute atomic E-state index is 0.0682. The lowest BCUT2D eigenvalue weighted by Crippen LogP contribution is -2.34. The molecule has 0 aliphatic heterocycles. The molecular weight excluding hydrogens is 489 g/mol. The van der Waals surface area contributed by atoms with Crippen molar-refractivity contribution in [1.29, 1.82) is 0 Å². The highest BCUT2D eigenvalue weighted by molar-refractivity contribution is 7.80. The summed E-state index contributed by atoms with van der Waals surface area (Å²) in [6, 6.07) is 17.4. The zero-order valence-corrected chi connectivity index (χ0v) is 20.6. The van der Waals surface area contributed by atoms with E-state index in [4.69, 9.17) is 28.6 Å². The van der Waals surface area contributed by atoms with E-state index in [0.29, 0.717) is 34.9 Å². The molecule has 3 aromatic rings. The lowest BCUT2D eigenvalue weighted by Gasteiger charge is -2.13. The number of unbranched alkanes of at least 4 members (excludes halogenated alkanes) is 2. The monoisotopic (exact) mass is 513 g/mol. The molecule has 3 N–H and O–H groups in total. The van der Waals surface area contributed by atoms with Crippen molar-refractivity contribution < 1.29 is 18.7 Å². The van der Waals surface area contributed by atoms with Crippen molar-refractivity contribution in [2.75, 3.05) is 17.2 Å². The van der Waals surface area contributed by atoms with Crippen LogP contribution in [0.2, 0.25) is 5.02 Å². The lowest BCUT2D eigenvalue weighted by atomic mass is 10.1. The Morgan fingerprint density at radius 3 is 2.49 bits per heavy atom. The maximum atomic E-state index is 13.3. The Hall–Kier alpha value is -3.49. The molecule has 35 heavy (non-hydrogen) atoms. The maximum Gasteiger partial charge on any atom is 0.261 e. The van der Waals surface area contributed by atoms with Gasteiger partial charge in [-0.05, 0) is 67.2 Å². The van der Waals surface area contributed by atoms with Gasteiger partial charge in [-0.25, -0.2) is 4.39 Å². The van der Waals surface area contributed by atoms with Crippen LogP contribution < -0.4 is 20.7 Å². The van der Waals surface area contributed by atoms with Crippen molar-refractivity contribution in [2.45, 2.75) is 26.2 Å². The average Bonchev–Trinajstić information content (AvgIpc) is 2.84. The van der Waals surface area contributed by atoms with Crippen LogP contribution in [0.25, 0.3) is 0 Å². The van der Waals surface area contributed by atoms with Crippen LogP contribution in [0.15, 0.2) is 66.7 Å². The lowest BCUT2D eigenvalue weighted by molar-refractivity contribution is 0.0972. The summed E-state index contributed by atoms with van der Waals surface area (Å²) in [4.78, 5) is 25.3. The molecule has 0 bridgehead atoms. The molecule has 9 heteroatoms. The normalized spacial score (nSPS) is 10.4. The smallest absolute Gasteiger partial charge is 0.261 e. The number of carbonyl (C=O) groups excluding carboxylic acids is 2. The van der Waals surface area contributed by atoms with Gasteiger partial charge in [0.1, 0.15) is 11.6 Å². The molecule has 0 atom stereocenters. The summed E-state index contributed by atoms with van der Waals surface area (Å²) in [5, 5.41) is 8.18. The van der Waals surface area contributed by atoms with Crippen LogP contribution in [0.4, 0.5) is 15.8 Å². The third-order valence-electron chi connectivity index (χ3n) is 4.92. The van der Waals surface area contributed by atoms with Crippen LogP contribution >= 0.6 is 23.8 Å². The third kappa shape index (κ3) is 7.77. The fourth-order valence-corrected chi connectivity index (χ4v) is 3.55. The minimum atomic E-state index is -0.572. The number of halogens is 2. The van der Waals surface area contributed by atoms with E-state index in [1.54, 1.807) is 48.5 Å². The van der Waals surface area contributed by atoms with Crippen LogP contribution in [0.3, 0.4) is 0 Å². The van der Waals surface area contributed by atoms with E-state index in [2.05, 4.69) is 22.9 Å². The molecule has 3 aromatic carbocycles. The van der Waals surface area contributed by atoms with Gasteiger partial charge in [0, 0.05) is 16.9 Å². The van der Waals surface area contributed by atoms with Crippen molar-refractivity contribution in [1.82, 2.24) is 5.32 Å². The number of para-hydroxylation sites is 1. The molecule has 0 aliphatic rings. The van der Waals surface area contributed by atoms with Crippen molar-refractivity contribution in [3.63, 3.8) is 0 Å². The van der Waals surface area contributed by atoms with Gasteiger partial charge < -0.3 is 15.4 Å². The molecule has 0 radical (unpaired) electrons. The fourth-order valence-electron chi connectivity index (χ4n) is 3.16. The standard InChI is InChI=1S/C26H25ClFN3O3S/c1-2-3-6-14-34-23-11-5-4-10-20(23)25(33)31-26(35)30-18-9-7-8-17(15-18)24(32)29-19-12-13-22(28)21(27)16-19/h4-5,7-13,15-16H,2-3,6,14H2,1H3,(H,29,32)(H2,30,31,33,35). The van der Waals surface area contributed by atoms with Gasteiger partial charge in [-0.2, -0.15) is 0 Å². The second-order valence-corrected chi connectivity index (χ2v) is 8.44. The topological polar surface area (TPSA) is 79.5 Å². The largest absolute Gasteiger partial charge is 0.493 e. The molecule has 0 aromatic heterocycles. The van der Waals surface area contributed by atoms with E-state index in [1.165, 1.54) is 18.2 Å². The Morgan fingerprint density at radius 2 is 1.71 bits per heavy atom. The van der Waals surface area contributed by atoms with Crippen molar-refractivity contribution in [2.24, 2.45) is 0 Å². The number of benzene rings is 3. The zero-order valence-electron chi connectivity index (χ0n) is 19.1. The third-order valence-corrected chi connectivity index (χ3v) is 5.42. The molecule has 3 rings (SSSR count). The Balaban J connectivity index is 1.60. The number of hydrogen-bond donors (Lipinski definition) is 3. The SMILES string of the molecule is CCCCCOc1ccccc1C(=O)NC(=S)Nc1cccc(C(=O)Nc2ccc(F)c(Cl)c2)c1. The first-order valence-corrected chi connectivity index (χ1v) is 11.9. The van der Waals surface area contributed by atoms with Crippen molar-refractivity contribution in [3.05, 3.63) is 88.7 Å². The summed E-state index contributed by atoms with van der Waals surface area (Å²) in [6.45, 7) is 2.64. The van der Waals surface area contributed by atoms with Crippen LogP contribution in [-0.4, -0.2) is 23.5 Å². The number of ether oxygens (including phenoxy) is 1. The number of rotatable bonds is 9. The Morgan fingerprint density at radius 1 is 0.943 bits per heavy atom. The highest BCUT2D eigenvalue weighted by atomic mass is 35.5. The Bertz CT molecular complexity index is 1220. The van der Waals surface area contributed by atoms with E-state index >= 15 is 0 Å². The Labute approximate surface area is 213 Å². The van der Waals surface area contributed by atoms with Gasteiger partial charge in [-0.3, -0.25) is 14.9 Å². The van der Waals surface area contributed by atoms with Gasteiger partial charge >= 0.3 is 0 Å². The molecule has 0 heterocycles. The summed E-state index contributed by atoms with van der Waals surface area (Å²) in [5.41, 5.74) is 1.57. The van der Waals surface area contributed by atoms with E-state index in [-0.39, 0.29) is 10.1 Å². The fraction of sp³-hybridized carbons (Fsp3) is 0.192. The van der Waals surface area contributed by atoms with Gasteiger partial charge in [-0.1, -0.05) is 49.6 Å². The van der Waals surface area contributed by atoms with Gasteiger partial charge in [0.15, 0.2) is 5.11 Å². The zero-order chi connectivity index (χ0) is 25.2. The molecule has 6 nitrogen and oxygen atoms in total. The van der Waals surface area contributed by atoms with E-state index < -0.39 is 17.6 Å². The maximum absolute atomic E-state index is 13.3. The predicted molar refractivity (Wildman–Crippen MR) is 141 cm³/mol. The quantitative estimate of drug-likeness (QED) is 0.227. The first-order chi connectivity index (χ1) is 16.9. The molecular formula is C26H25ClFN3O3S. The molecule has 0 saturated heterocycles. The number of anilines is 2. The highest BCUT2D eigenvalue weighted by Gasteiger charge is 2.14. The van der Waals surface area contributed by atoms with Gasteiger partial charge in [0.05, 0.1) is 17.2 Å². The summed E-state index contributed by atoms with van der Waals surface area (Å²) >= 11 is 11.0. The highest BCUT2D eigenvalue weighted by Crippen LogP contribution is 2.21. The summed E-state index contributed by atoms with van der Waals surface area (Å²) in [5.74, 6) is -0.906.